The molecule has 1 aliphatic rings. The van der Waals surface area contributed by atoms with E-state index in [1.54, 1.807) is 13.8 Å². The highest BCUT2D eigenvalue weighted by Gasteiger charge is 2.41. The Morgan fingerprint density at radius 3 is 2.33 bits per heavy atom. The van der Waals surface area contributed by atoms with Gasteiger partial charge in [-0.2, -0.15) is 4.31 Å². The van der Waals surface area contributed by atoms with Crippen LogP contribution in [0.2, 0.25) is 0 Å². The van der Waals surface area contributed by atoms with Crippen molar-refractivity contribution in [3.63, 3.8) is 0 Å². The zero-order chi connectivity index (χ0) is 20.5. The summed E-state index contributed by atoms with van der Waals surface area (Å²) in [6.45, 7) is 7.29. The molecule has 150 valence electrons. The Labute approximate surface area is 161 Å². The van der Waals surface area contributed by atoms with Crippen LogP contribution >= 0.6 is 0 Å². The number of carboxylic acid groups (broad SMARTS) is 1. The van der Waals surface area contributed by atoms with Gasteiger partial charge in [-0.15, -0.1) is 0 Å². The summed E-state index contributed by atoms with van der Waals surface area (Å²) in [5.74, 6) is -2.06. The molecule has 0 bridgehead atoms. The second-order valence-corrected chi connectivity index (χ2v) is 9.29. The third kappa shape index (κ3) is 4.32. The smallest absolute Gasteiger partial charge is 0.308 e. The van der Waals surface area contributed by atoms with Gasteiger partial charge in [-0.3, -0.25) is 9.59 Å². The first-order chi connectivity index (χ1) is 12.5. The van der Waals surface area contributed by atoms with Gasteiger partial charge >= 0.3 is 5.97 Å². The van der Waals surface area contributed by atoms with Gasteiger partial charge in [0, 0.05) is 20.1 Å². The van der Waals surface area contributed by atoms with Gasteiger partial charge in [0.05, 0.1) is 10.8 Å². The molecular formula is C19H28N2O5S. The Bertz CT molecular complexity index is 827. The van der Waals surface area contributed by atoms with E-state index in [-0.39, 0.29) is 23.9 Å². The lowest BCUT2D eigenvalue weighted by Crippen LogP contribution is -2.48. The average Bonchev–Trinajstić information content (AvgIpc) is 3.02. The number of aliphatic carboxylic acids is 1. The maximum Gasteiger partial charge on any atom is 0.308 e. The molecule has 1 aliphatic heterocycles. The second kappa shape index (κ2) is 7.98. The number of nitrogens with zero attached hydrogens (tertiary/aromatic N) is 2. The number of carbonyl (C=O) groups excluding carboxylic acids is 1. The van der Waals surface area contributed by atoms with Crippen molar-refractivity contribution in [2.75, 3.05) is 20.1 Å². The van der Waals surface area contributed by atoms with Crippen LogP contribution < -0.4 is 0 Å². The molecule has 1 heterocycles. The minimum absolute atomic E-state index is 0.0428. The molecule has 1 fully saturated rings. The molecule has 7 nitrogen and oxygen atoms in total. The zero-order valence-electron chi connectivity index (χ0n) is 16.5. The van der Waals surface area contributed by atoms with E-state index < -0.39 is 28.0 Å². The topological polar surface area (TPSA) is 95.0 Å². The van der Waals surface area contributed by atoms with Crippen LogP contribution in [0.5, 0.6) is 0 Å². The van der Waals surface area contributed by atoms with Crippen LogP contribution in [0.4, 0.5) is 0 Å². The van der Waals surface area contributed by atoms with E-state index in [0.29, 0.717) is 24.0 Å². The van der Waals surface area contributed by atoms with Gasteiger partial charge < -0.3 is 10.0 Å². The molecule has 1 aromatic rings. The number of carbonyl (C=O) groups is 2. The molecule has 2 rings (SSSR count). The fourth-order valence-electron chi connectivity index (χ4n) is 3.80. The molecule has 0 aliphatic carbocycles. The molecule has 1 amide bonds. The number of amides is 1. The average molecular weight is 397 g/mol. The Hall–Kier alpha value is -1.93. The third-order valence-corrected chi connectivity index (χ3v) is 7.22. The summed E-state index contributed by atoms with van der Waals surface area (Å²) < 4.78 is 27.9. The summed E-state index contributed by atoms with van der Waals surface area (Å²) in [6, 6.07) is 2.86. The van der Waals surface area contributed by atoms with Crippen LogP contribution in [0.15, 0.2) is 17.0 Å². The Balaban J connectivity index is 2.32. The summed E-state index contributed by atoms with van der Waals surface area (Å²) in [6.07, 6.45) is 1.04. The molecule has 2 unspecified atom stereocenters. The number of sulfonamides is 1. The number of hydrogen-bond donors (Lipinski definition) is 1. The van der Waals surface area contributed by atoms with Gasteiger partial charge in [-0.05, 0) is 44.7 Å². The molecule has 0 spiro atoms. The van der Waals surface area contributed by atoms with Crippen LogP contribution in [0.1, 0.15) is 36.5 Å². The summed E-state index contributed by atoms with van der Waals surface area (Å²) in [4.78, 5) is 25.5. The Kier molecular flexibility index (Phi) is 6.32. The number of benzene rings is 1. The van der Waals surface area contributed by atoms with E-state index in [0.717, 1.165) is 5.56 Å². The van der Waals surface area contributed by atoms with Gasteiger partial charge in [0.25, 0.3) is 0 Å². The monoisotopic (exact) mass is 396 g/mol. The molecular weight excluding hydrogens is 368 g/mol. The number of aryl methyl sites for hydroxylation is 3. The van der Waals surface area contributed by atoms with Crippen molar-refractivity contribution >= 4 is 21.9 Å². The molecule has 1 N–H and O–H groups in total. The summed E-state index contributed by atoms with van der Waals surface area (Å²) in [5, 5.41) is 9.05. The molecule has 0 radical (unpaired) electrons. The normalized spacial score (nSPS) is 19.1. The lowest BCUT2D eigenvalue weighted by Gasteiger charge is -2.29. The lowest BCUT2D eigenvalue weighted by atomic mass is 10.1. The third-order valence-electron chi connectivity index (χ3n) is 5.01. The van der Waals surface area contributed by atoms with Crippen molar-refractivity contribution in [3.8, 4) is 0 Å². The first-order valence-corrected chi connectivity index (χ1v) is 10.5. The van der Waals surface area contributed by atoms with Crippen LogP contribution in [0.25, 0.3) is 0 Å². The molecule has 0 saturated carbocycles. The number of rotatable bonds is 6. The predicted molar refractivity (Wildman–Crippen MR) is 102 cm³/mol. The minimum atomic E-state index is -3.82. The van der Waals surface area contributed by atoms with E-state index in [1.165, 1.54) is 23.2 Å². The van der Waals surface area contributed by atoms with Gasteiger partial charge in [-0.1, -0.05) is 24.6 Å². The van der Waals surface area contributed by atoms with Crippen molar-refractivity contribution in [2.24, 2.45) is 5.92 Å². The lowest BCUT2D eigenvalue weighted by molar-refractivity contribution is -0.143. The first kappa shape index (κ1) is 21.4. The summed E-state index contributed by atoms with van der Waals surface area (Å²) >= 11 is 0. The summed E-state index contributed by atoms with van der Waals surface area (Å²) in [7, 11) is -2.30. The van der Waals surface area contributed by atoms with E-state index in [1.807, 2.05) is 19.1 Å². The molecule has 1 aromatic carbocycles. The molecule has 0 aromatic heterocycles. The van der Waals surface area contributed by atoms with Gasteiger partial charge in [-0.25, -0.2) is 8.42 Å². The van der Waals surface area contributed by atoms with E-state index in [2.05, 4.69) is 0 Å². The highest BCUT2D eigenvalue weighted by atomic mass is 32.2. The van der Waals surface area contributed by atoms with E-state index in [9.17, 15) is 18.0 Å². The second-order valence-electron chi connectivity index (χ2n) is 7.46. The van der Waals surface area contributed by atoms with Gasteiger partial charge in [0.1, 0.15) is 6.04 Å². The first-order valence-electron chi connectivity index (χ1n) is 9.04. The maximum atomic E-state index is 13.3. The van der Waals surface area contributed by atoms with E-state index >= 15 is 0 Å². The van der Waals surface area contributed by atoms with Gasteiger partial charge in [0.15, 0.2) is 0 Å². The van der Waals surface area contributed by atoms with E-state index in [4.69, 9.17) is 5.11 Å². The fourth-order valence-corrected chi connectivity index (χ4v) is 5.87. The quantitative estimate of drug-likeness (QED) is 0.793. The fraction of sp³-hybridized carbons (Fsp3) is 0.579. The van der Waals surface area contributed by atoms with Crippen LogP contribution in [0.3, 0.4) is 0 Å². The van der Waals surface area contributed by atoms with Crippen molar-refractivity contribution in [1.82, 2.24) is 9.21 Å². The van der Waals surface area contributed by atoms with Crippen molar-refractivity contribution < 1.29 is 23.1 Å². The molecule has 8 heteroatoms. The Morgan fingerprint density at radius 2 is 1.81 bits per heavy atom. The number of hydrogen-bond acceptors (Lipinski definition) is 4. The standard InChI is InChI=1S/C19H28N2O5S/c1-12-9-13(2)17(14(3)10-12)27(25,26)21-8-6-7-16(21)18(22)20(5)11-15(4)19(23)24/h9-10,15-16H,6-8,11H2,1-5H3,(H,23,24). The minimum Gasteiger partial charge on any atom is -0.481 e. The van der Waals surface area contributed by atoms with Crippen LogP contribution in [0, 0.1) is 26.7 Å². The number of carboxylic acids is 1. The Morgan fingerprint density at radius 1 is 1.26 bits per heavy atom. The highest BCUT2D eigenvalue weighted by molar-refractivity contribution is 7.89. The SMILES string of the molecule is Cc1cc(C)c(S(=O)(=O)N2CCCC2C(=O)N(C)CC(C)C(=O)O)c(C)c1. The van der Waals surface area contributed by atoms with Crippen molar-refractivity contribution in [2.45, 2.75) is 51.5 Å². The zero-order valence-corrected chi connectivity index (χ0v) is 17.3. The predicted octanol–water partition coefficient (Wildman–Crippen LogP) is 1.94. The van der Waals surface area contributed by atoms with Crippen molar-refractivity contribution in [3.05, 3.63) is 28.8 Å². The highest BCUT2D eigenvalue weighted by Crippen LogP contribution is 2.31. The maximum absolute atomic E-state index is 13.3. The number of likely N-dealkylation sites (N-methyl/N-ethyl adjacent to an activating group) is 1. The van der Waals surface area contributed by atoms with Crippen molar-refractivity contribution in [1.29, 1.82) is 0 Å². The summed E-state index contributed by atoms with van der Waals surface area (Å²) in [5.41, 5.74) is 2.32. The molecule has 27 heavy (non-hydrogen) atoms. The largest absolute Gasteiger partial charge is 0.481 e. The molecule has 2 atom stereocenters. The van der Waals surface area contributed by atoms with Crippen LogP contribution in [-0.2, 0) is 19.6 Å². The van der Waals surface area contributed by atoms with Crippen LogP contribution in [-0.4, -0.2) is 60.8 Å². The molecule has 1 saturated heterocycles. The van der Waals surface area contributed by atoms with Gasteiger partial charge in [0.2, 0.25) is 15.9 Å².